The van der Waals surface area contributed by atoms with Gasteiger partial charge < -0.3 is 0 Å². The Kier molecular flexibility index (Phi) is 5.09. The molecule has 0 unspecified atom stereocenters. The van der Waals surface area contributed by atoms with E-state index in [0.29, 0.717) is 5.56 Å². The molecule has 0 saturated heterocycles. The number of benzene rings is 2. The van der Waals surface area contributed by atoms with Gasteiger partial charge in [-0.1, -0.05) is 24.3 Å². The number of halogens is 2. The number of nitrogens with zero attached hydrogens (tertiary/aromatic N) is 1. The van der Waals surface area contributed by atoms with Crippen LogP contribution in [0.15, 0.2) is 58.1 Å². The molecule has 0 radical (unpaired) electrons. The van der Waals surface area contributed by atoms with Crippen molar-refractivity contribution in [2.75, 3.05) is 0 Å². The van der Waals surface area contributed by atoms with Gasteiger partial charge in [0, 0.05) is 8.04 Å². The number of nitrogens with one attached hydrogen (secondary N) is 1. The van der Waals surface area contributed by atoms with Crippen LogP contribution < -0.4 is 5.43 Å². The van der Waals surface area contributed by atoms with Gasteiger partial charge in [0.25, 0.3) is 5.91 Å². The van der Waals surface area contributed by atoms with Crippen LogP contribution in [0.3, 0.4) is 0 Å². The number of hydrogen-bond acceptors (Lipinski definition) is 2. The molecule has 2 aromatic rings. The van der Waals surface area contributed by atoms with Gasteiger partial charge in [0.15, 0.2) is 0 Å². The Morgan fingerprint density at radius 2 is 1.84 bits per heavy atom. The van der Waals surface area contributed by atoms with Gasteiger partial charge in [-0.15, -0.1) is 0 Å². The number of hydrazone groups is 1. The average Bonchev–Trinajstić information content (AvgIpc) is 2.41. The molecule has 1 amide bonds. The van der Waals surface area contributed by atoms with Crippen molar-refractivity contribution in [3.05, 3.63) is 67.7 Å². The predicted octanol–water partition coefficient (Wildman–Crippen LogP) is 3.82. The fourth-order valence-corrected chi connectivity index (χ4v) is 2.24. The first-order valence-electron chi connectivity index (χ1n) is 5.50. The van der Waals surface area contributed by atoms with Crippen molar-refractivity contribution in [1.29, 1.82) is 0 Å². The van der Waals surface area contributed by atoms with Crippen LogP contribution in [0.2, 0.25) is 0 Å². The maximum Gasteiger partial charge on any atom is 0.272 e. The second-order valence-corrected chi connectivity index (χ2v) is 5.83. The average molecular weight is 429 g/mol. The fraction of sp³-hybridized carbons (Fsp3) is 0. The summed E-state index contributed by atoms with van der Waals surface area (Å²) in [6.45, 7) is 0. The Bertz CT molecular complexity index is 611. The molecule has 0 atom stereocenters. The molecule has 0 aliphatic carbocycles. The summed E-state index contributed by atoms with van der Waals surface area (Å²) < 4.78 is 1.91. The van der Waals surface area contributed by atoms with Gasteiger partial charge in [-0.25, -0.2) is 5.43 Å². The van der Waals surface area contributed by atoms with Crippen LogP contribution in [0.25, 0.3) is 0 Å². The minimum Gasteiger partial charge on any atom is -0.267 e. The summed E-state index contributed by atoms with van der Waals surface area (Å²) in [5, 5.41) is 3.94. The van der Waals surface area contributed by atoms with Crippen molar-refractivity contribution in [3.8, 4) is 0 Å². The summed E-state index contributed by atoms with van der Waals surface area (Å²) in [4.78, 5) is 11.9. The molecule has 0 bridgehead atoms. The lowest BCUT2D eigenvalue weighted by atomic mass is 10.2. The lowest BCUT2D eigenvalue weighted by Gasteiger charge is -2.01. The van der Waals surface area contributed by atoms with Gasteiger partial charge in [-0.2, -0.15) is 5.10 Å². The summed E-state index contributed by atoms with van der Waals surface area (Å²) in [5.41, 5.74) is 4.00. The Balaban J connectivity index is 2.01. The zero-order valence-corrected chi connectivity index (χ0v) is 13.6. The maximum atomic E-state index is 11.9. The largest absolute Gasteiger partial charge is 0.272 e. The topological polar surface area (TPSA) is 41.5 Å². The fourth-order valence-electron chi connectivity index (χ4n) is 1.42. The lowest BCUT2D eigenvalue weighted by Crippen LogP contribution is -2.18. The molecule has 2 rings (SSSR count). The van der Waals surface area contributed by atoms with Crippen molar-refractivity contribution in [3.63, 3.8) is 0 Å². The van der Waals surface area contributed by atoms with E-state index in [0.717, 1.165) is 13.6 Å². The van der Waals surface area contributed by atoms with Crippen LogP contribution in [0, 0.1) is 3.57 Å². The Labute approximate surface area is 133 Å². The molecule has 5 heteroatoms. The molecule has 0 heterocycles. The van der Waals surface area contributed by atoms with Gasteiger partial charge in [0.2, 0.25) is 0 Å². The van der Waals surface area contributed by atoms with Crippen molar-refractivity contribution >= 4 is 50.6 Å². The van der Waals surface area contributed by atoms with Gasteiger partial charge >= 0.3 is 0 Å². The summed E-state index contributed by atoms with van der Waals surface area (Å²) in [5.74, 6) is -0.241. The van der Waals surface area contributed by atoms with Crippen LogP contribution >= 0.6 is 38.5 Å². The van der Waals surface area contributed by atoms with Gasteiger partial charge in [0.05, 0.1) is 11.8 Å². The second kappa shape index (κ2) is 6.81. The van der Waals surface area contributed by atoms with E-state index in [1.807, 2.05) is 42.5 Å². The maximum absolute atomic E-state index is 11.9. The van der Waals surface area contributed by atoms with Gasteiger partial charge in [-0.3, -0.25) is 4.79 Å². The first kappa shape index (κ1) is 14.2. The zero-order chi connectivity index (χ0) is 13.7. The van der Waals surface area contributed by atoms with E-state index in [-0.39, 0.29) is 5.91 Å². The highest BCUT2D eigenvalue weighted by Crippen LogP contribution is 2.15. The molecular weight excluding hydrogens is 419 g/mol. The van der Waals surface area contributed by atoms with Crippen LogP contribution in [-0.4, -0.2) is 12.1 Å². The van der Waals surface area contributed by atoms with Crippen molar-refractivity contribution in [1.82, 2.24) is 5.43 Å². The van der Waals surface area contributed by atoms with Crippen LogP contribution in [0.4, 0.5) is 0 Å². The van der Waals surface area contributed by atoms with Crippen LogP contribution in [0.1, 0.15) is 15.9 Å². The molecule has 2 aromatic carbocycles. The molecule has 0 aliphatic rings. The first-order chi connectivity index (χ1) is 9.16. The molecule has 96 valence electrons. The molecule has 0 fully saturated rings. The number of hydrogen-bond donors (Lipinski definition) is 1. The molecule has 1 N–H and O–H groups in total. The van der Waals surface area contributed by atoms with E-state index < -0.39 is 0 Å². The summed E-state index contributed by atoms with van der Waals surface area (Å²) in [6.07, 6.45) is 1.62. The third-order valence-electron chi connectivity index (χ3n) is 2.37. The van der Waals surface area contributed by atoms with Crippen molar-refractivity contribution in [2.24, 2.45) is 5.10 Å². The minimum atomic E-state index is -0.241. The second-order valence-electron chi connectivity index (χ2n) is 3.73. The van der Waals surface area contributed by atoms with Crippen molar-refractivity contribution in [2.45, 2.75) is 0 Å². The van der Waals surface area contributed by atoms with Gasteiger partial charge in [-0.05, 0) is 68.3 Å². The van der Waals surface area contributed by atoms with Gasteiger partial charge in [0.1, 0.15) is 0 Å². The van der Waals surface area contributed by atoms with E-state index in [2.05, 4.69) is 49.0 Å². The Hall–Kier alpha value is -1.21. The SMILES string of the molecule is O=C(NN=Cc1ccc(I)cc1)c1ccccc1Br. The first-order valence-corrected chi connectivity index (χ1v) is 7.37. The third kappa shape index (κ3) is 4.14. The summed E-state index contributed by atoms with van der Waals surface area (Å²) in [6, 6.07) is 15.1. The molecular formula is C14H10BrIN2O. The van der Waals surface area contributed by atoms with E-state index in [1.54, 1.807) is 12.3 Å². The lowest BCUT2D eigenvalue weighted by molar-refractivity contribution is 0.0954. The highest BCUT2D eigenvalue weighted by molar-refractivity contribution is 14.1. The van der Waals surface area contributed by atoms with Crippen LogP contribution in [-0.2, 0) is 0 Å². The highest BCUT2D eigenvalue weighted by atomic mass is 127. The summed E-state index contributed by atoms with van der Waals surface area (Å²) in [7, 11) is 0. The monoisotopic (exact) mass is 428 g/mol. The Morgan fingerprint density at radius 1 is 1.16 bits per heavy atom. The molecule has 3 nitrogen and oxygen atoms in total. The molecule has 0 spiro atoms. The number of amides is 1. The van der Waals surface area contributed by atoms with E-state index >= 15 is 0 Å². The Morgan fingerprint density at radius 3 is 2.53 bits per heavy atom. The third-order valence-corrected chi connectivity index (χ3v) is 3.78. The minimum absolute atomic E-state index is 0.241. The van der Waals surface area contributed by atoms with Crippen molar-refractivity contribution < 1.29 is 4.79 Å². The quantitative estimate of drug-likeness (QED) is 0.450. The number of rotatable bonds is 3. The highest BCUT2D eigenvalue weighted by Gasteiger charge is 2.07. The molecule has 0 saturated carbocycles. The molecule has 0 aliphatic heterocycles. The normalized spacial score (nSPS) is 10.6. The predicted molar refractivity (Wildman–Crippen MR) is 88.4 cm³/mol. The van der Waals surface area contributed by atoms with E-state index in [4.69, 9.17) is 0 Å². The standard InChI is InChI=1S/C14H10BrIN2O/c15-13-4-2-1-3-12(13)14(19)18-17-9-10-5-7-11(16)8-6-10/h1-9H,(H,18,19). The molecule has 19 heavy (non-hydrogen) atoms. The number of carbonyl (C=O) groups is 1. The van der Waals surface area contributed by atoms with E-state index in [9.17, 15) is 4.79 Å². The van der Waals surface area contributed by atoms with E-state index in [1.165, 1.54) is 0 Å². The number of carbonyl (C=O) groups excluding carboxylic acids is 1. The summed E-state index contributed by atoms with van der Waals surface area (Å²) >= 11 is 5.56. The zero-order valence-electron chi connectivity index (χ0n) is 9.81. The van der Waals surface area contributed by atoms with Crippen LogP contribution in [0.5, 0.6) is 0 Å². The smallest absolute Gasteiger partial charge is 0.267 e. The molecule has 0 aromatic heterocycles.